The number of rotatable bonds is 7. The number of nitrogens with zero attached hydrogens (tertiary/aromatic N) is 1. The number of ether oxygens (including phenoxy) is 2. The Morgan fingerprint density at radius 3 is 2.45 bits per heavy atom. The molecule has 5 nitrogen and oxygen atoms in total. The van der Waals surface area contributed by atoms with Gasteiger partial charge in [0, 0.05) is 18.9 Å². The van der Waals surface area contributed by atoms with Crippen LogP contribution < -0.4 is 16.0 Å². The molecular weight excluding hydrogens is 254 g/mol. The van der Waals surface area contributed by atoms with Crippen LogP contribution in [-0.2, 0) is 17.8 Å². The van der Waals surface area contributed by atoms with Crippen LogP contribution in [0.5, 0.6) is 5.75 Å². The van der Waals surface area contributed by atoms with Crippen molar-refractivity contribution in [2.75, 3.05) is 19.1 Å². The first-order chi connectivity index (χ1) is 9.81. The van der Waals surface area contributed by atoms with Crippen LogP contribution in [-0.4, -0.2) is 18.7 Å². The summed E-state index contributed by atoms with van der Waals surface area (Å²) < 4.78 is 10.8. The van der Waals surface area contributed by atoms with Gasteiger partial charge in [-0.05, 0) is 30.2 Å². The van der Waals surface area contributed by atoms with E-state index in [9.17, 15) is 0 Å². The highest BCUT2D eigenvalue weighted by atomic mass is 16.5. The topological polar surface area (TPSA) is 69.4 Å². The number of nitrogens with two attached hydrogens (primary N) is 1. The summed E-state index contributed by atoms with van der Waals surface area (Å²) in [7, 11) is 1.71. The summed E-state index contributed by atoms with van der Waals surface area (Å²) in [5.74, 6) is 6.74. The zero-order chi connectivity index (χ0) is 14.2. The second-order valence-corrected chi connectivity index (χ2v) is 4.37. The highest BCUT2D eigenvalue weighted by Crippen LogP contribution is 2.15. The second-order valence-electron chi connectivity index (χ2n) is 4.37. The number of hydrazine groups is 1. The molecule has 0 amide bonds. The van der Waals surface area contributed by atoms with Crippen molar-refractivity contribution in [1.29, 1.82) is 0 Å². The van der Waals surface area contributed by atoms with Crippen molar-refractivity contribution in [3.63, 3.8) is 0 Å². The quantitative estimate of drug-likeness (QED) is 0.597. The molecule has 1 aromatic carbocycles. The molecule has 0 atom stereocenters. The van der Waals surface area contributed by atoms with Gasteiger partial charge in [0.2, 0.25) is 0 Å². The summed E-state index contributed by atoms with van der Waals surface area (Å²) in [4.78, 5) is 4.13. The Labute approximate surface area is 118 Å². The molecule has 0 unspecified atom stereocenters. The van der Waals surface area contributed by atoms with Crippen LogP contribution in [0.25, 0.3) is 0 Å². The van der Waals surface area contributed by atoms with Gasteiger partial charge in [0.15, 0.2) is 0 Å². The van der Waals surface area contributed by atoms with Crippen LogP contribution in [0, 0.1) is 0 Å². The van der Waals surface area contributed by atoms with Crippen molar-refractivity contribution in [3.8, 4) is 5.75 Å². The number of pyridine rings is 1. The lowest BCUT2D eigenvalue weighted by Gasteiger charge is -2.07. The SMILES string of the molecule is COCCc1ccc(OCc2ccc(NN)nc2)cc1. The van der Waals surface area contributed by atoms with E-state index in [2.05, 4.69) is 10.4 Å². The number of methoxy groups -OCH3 is 1. The molecule has 5 heteroatoms. The maximum atomic E-state index is 5.70. The van der Waals surface area contributed by atoms with E-state index in [0.29, 0.717) is 12.4 Å². The predicted molar refractivity (Wildman–Crippen MR) is 78.4 cm³/mol. The van der Waals surface area contributed by atoms with Crippen LogP contribution in [0.1, 0.15) is 11.1 Å². The van der Waals surface area contributed by atoms with Crippen LogP contribution in [0.4, 0.5) is 5.82 Å². The molecule has 0 aliphatic carbocycles. The van der Waals surface area contributed by atoms with Crippen LogP contribution in [0.15, 0.2) is 42.6 Å². The van der Waals surface area contributed by atoms with E-state index < -0.39 is 0 Å². The fourth-order valence-electron chi connectivity index (χ4n) is 1.73. The number of hydrogen-bond donors (Lipinski definition) is 2. The molecule has 0 aliphatic rings. The van der Waals surface area contributed by atoms with Crippen molar-refractivity contribution < 1.29 is 9.47 Å². The number of benzene rings is 1. The van der Waals surface area contributed by atoms with E-state index in [4.69, 9.17) is 15.3 Å². The molecule has 0 radical (unpaired) electrons. The van der Waals surface area contributed by atoms with Crippen molar-refractivity contribution >= 4 is 5.82 Å². The monoisotopic (exact) mass is 273 g/mol. The molecule has 2 aromatic rings. The Morgan fingerprint density at radius 2 is 1.85 bits per heavy atom. The molecule has 0 bridgehead atoms. The molecule has 1 aromatic heterocycles. The number of anilines is 1. The number of nitrogens with one attached hydrogen (secondary N) is 1. The number of hydrogen-bond acceptors (Lipinski definition) is 5. The largest absolute Gasteiger partial charge is 0.489 e. The lowest BCUT2D eigenvalue weighted by molar-refractivity contribution is 0.202. The summed E-state index contributed by atoms with van der Waals surface area (Å²) >= 11 is 0. The summed E-state index contributed by atoms with van der Waals surface area (Å²) in [6.07, 6.45) is 2.65. The molecule has 2 rings (SSSR count). The molecule has 0 fully saturated rings. The zero-order valence-corrected chi connectivity index (χ0v) is 11.5. The highest BCUT2D eigenvalue weighted by Gasteiger charge is 1.98. The Morgan fingerprint density at radius 1 is 1.10 bits per heavy atom. The third-order valence-corrected chi connectivity index (χ3v) is 2.90. The van der Waals surface area contributed by atoms with Crippen LogP contribution >= 0.6 is 0 Å². The van der Waals surface area contributed by atoms with E-state index in [1.54, 1.807) is 13.3 Å². The zero-order valence-electron chi connectivity index (χ0n) is 11.5. The first-order valence-electron chi connectivity index (χ1n) is 6.44. The van der Waals surface area contributed by atoms with Gasteiger partial charge in [-0.3, -0.25) is 0 Å². The maximum absolute atomic E-state index is 5.70. The minimum atomic E-state index is 0.481. The number of nitrogen functional groups attached to an aromatic ring is 1. The molecule has 1 heterocycles. The van der Waals surface area contributed by atoms with E-state index in [0.717, 1.165) is 24.3 Å². The van der Waals surface area contributed by atoms with Gasteiger partial charge in [-0.2, -0.15) is 0 Å². The summed E-state index contributed by atoms with van der Waals surface area (Å²) in [5, 5.41) is 0. The van der Waals surface area contributed by atoms with Gasteiger partial charge in [0.05, 0.1) is 6.61 Å². The fraction of sp³-hybridized carbons (Fsp3) is 0.267. The molecule has 0 spiro atoms. The van der Waals surface area contributed by atoms with Crippen molar-refractivity contribution in [2.45, 2.75) is 13.0 Å². The van der Waals surface area contributed by atoms with Gasteiger partial charge in [-0.25, -0.2) is 10.8 Å². The Bertz CT molecular complexity index is 512. The smallest absolute Gasteiger partial charge is 0.139 e. The first kappa shape index (κ1) is 14.3. The summed E-state index contributed by atoms with van der Waals surface area (Å²) in [6.45, 7) is 1.21. The predicted octanol–water partition coefficient (Wildman–Crippen LogP) is 2.14. The minimum absolute atomic E-state index is 0.481. The average Bonchev–Trinajstić information content (AvgIpc) is 2.52. The lowest BCUT2D eigenvalue weighted by Crippen LogP contribution is -2.08. The van der Waals surface area contributed by atoms with E-state index in [1.165, 1.54) is 5.56 Å². The first-order valence-corrected chi connectivity index (χ1v) is 6.44. The van der Waals surface area contributed by atoms with Gasteiger partial charge in [0.25, 0.3) is 0 Å². The van der Waals surface area contributed by atoms with Gasteiger partial charge in [0.1, 0.15) is 18.2 Å². The molecule has 20 heavy (non-hydrogen) atoms. The standard InChI is InChI=1S/C15H19N3O2/c1-19-9-8-12-2-5-14(6-3-12)20-11-13-4-7-15(18-16)17-10-13/h2-7,10H,8-9,11,16H2,1H3,(H,17,18). The van der Waals surface area contributed by atoms with Crippen LogP contribution in [0.3, 0.4) is 0 Å². The van der Waals surface area contributed by atoms with Crippen molar-refractivity contribution in [2.24, 2.45) is 5.84 Å². The molecule has 0 saturated heterocycles. The normalized spacial score (nSPS) is 10.3. The summed E-state index contributed by atoms with van der Waals surface area (Å²) in [6, 6.07) is 11.8. The van der Waals surface area contributed by atoms with Gasteiger partial charge >= 0.3 is 0 Å². The maximum Gasteiger partial charge on any atom is 0.139 e. The van der Waals surface area contributed by atoms with Crippen LogP contribution in [0.2, 0.25) is 0 Å². The Balaban J connectivity index is 1.86. The van der Waals surface area contributed by atoms with E-state index >= 15 is 0 Å². The van der Waals surface area contributed by atoms with E-state index in [1.807, 2.05) is 36.4 Å². The van der Waals surface area contributed by atoms with Crippen molar-refractivity contribution in [3.05, 3.63) is 53.7 Å². The molecule has 106 valence electrons. The molecule has 0 saturated carbocycles. The lowest BCUT2D eigenvalue weighted by atomic mass is 10.1. The van der Waals surface area contributed by atoms with E-state index in [-0.39, 0.29) is 0 Å². The van der Waals surface area contributed by atoms with Gasteiger partial charge in [-0.15, -0.1) is 0 Å². The minimum Gasteiger partial charge on any atom is -0.489 e. The average molecular weight is 273 g/mol. The molecule has 3 N–H and O–H groups in total. The molecular formula is C15H19N3O2. The second kappa shape index (κ2) is 7.47. The summed E-state index contributed by atoms with van der Waals surface area (Å²) in [5.41, 5.74) is 4.72. The Kier molecular flexibility index (Phi) is 5.34. The third kappa shape index (κ3) is 4.22. The fourth-order valence-corrected chi connectivity index (χ4v) is 1.73. The molecule has 0 aliphatic heterocycles. The third-order valence-electron chi connectivity index (χ3n) is 2.90. The highest BCUT2D eigenvalue weighted by molar-refractivity contribution is 5.34. The number of aromatic nitrogens is 1. The van der Waals surface area contributed by atoms with Gasteiger partial charge in [-0.1, -0.05) is 18.2 Å². The van der Waals surface area contributed by atoms with Crippen molar-refractivity contribution in [1.82, 2.24) is 4.98 Å². The van der Waals surface area contributed by atoms with Gasteiger partial charge < -0.3 is 14.9 Å². The Hall–Kier alpha value is -2.11.